The molecule has 0 aromatic heterocycles. The summed E-state index contributed by atoms with van der Waals surface area (Å²) in [5, 5.41) is 9.80. The van der Waals surface area contributed by atoms with E-state index >= 15 is 0 Å². The van der Waals surface area contributed by atoms with Crippen molar-refractivity contribution in [2.45, 2.75) is 33.6 Å². The smallest absolute Gasteiger partial charge is 0.189 e. The number of aryl methyl sites for hydroxylation is 2. The summed E-state index contributed by atoms with van der Waals surface area (Å²) in [4.78, 5) is 12.9. The van der Waals surface area contributed by atoms with E-state index in [1.54, 1.807) is 18.2 Å². The lowest BCUT2D eigenvalue weighted by Gasteiger charge is -2.20. The van der Waals surface area contributed by atoms with Gasteiger partial charge in [0.1, 0.15) is 0 Å². The number of benzene rings is 2. The van der Waals surface area contributed by atoms with E-state index in [0.717, 1.165) is 35.1 Å². The Balaban J connectivity index is 1.97. The van der Waals surface area contributed by atoms with Gasteiger partial charge in [-0.1, -0.05) is 17.7 Å². The van der Waals surface area contributed by atoms with Crippen LogP contribution >= 0.6 is 0 Å². The molecule has 0 aliphatic heterocycles. The molecular formula is C21H22O3. The van der Waals surface area contributed by atoms with Gasteiger partial charge >= 0.3 is 0 Å². The molecule has 0 saturated heterocycles. The van der Waals surface area contributed by atoms with Crippen molar-refractivity contribution in [1.29, 1.82) is 0 Å². The molecule has 124 valence electrons. The summed E-state index contributed by atoms with van der Waals surface area (Å²) in [6, 6.07) is 9.30. The number of phenolic OH excluding ortho intramolecular Hbond substituents is 1. The monoisotopic (exact) mass is 322 g/mol. The number of rotatable bonds is 3. The third kappa shape index (κ3) is 3.07. The van der Waals surface area contributed by atoms with Crippen molar-refractivity contribution in [3.05, 3.63) is 63.7 Å². The van der Waals surface area contributed by atoms with Crippen molar-refractivity contribution < 1.29 is 14.6 Å². The number of ether oxygens (including phenoxy) is 1. The quantitative estimate of drug-likeness (QED) is 0.839. The highest BCUT2D eigenvalue weighted by molar-refractivity contribution is 6.13. The summed E-state index contributed by atoms with van der Waals surface area (Å²) in [5.74, 6) is 0.668. The SMILES string of the molecule is CCOc1cc(/C=C2/CCc3c(C)cc(C)cc3C2=O)ccc1O. The predicted molar refractivity (Wildman–Crippen MR) is 95.8 cm³/mol. The first-order valence-corrected chi connectivity index (χ1v) is 8.30. The second-order valence-corrected chi connectivity index (χ2v) is 6.27. The van der Waals surface area contributed by atoms with Gasteiger partial charge in [-0.05, 0) is 74.6 Å². The fraction of sp³-hybridized carbons (Fsp3) is 0.286. The Bertz CT molecular complexity index is 831. The molecule has 0 saturated carbocycles. The average molecular weight is 322 g/mol. The Morgan fingerprint density at radius 2 is 1.96 bits per heavy atom. The highest BCUT2D eigenvalue weighted by Crippen LogP contribution is 2.32. The van der Waals surface area contributed by atoms with Crippen LogP contribution < -0.4 is 4.74 Å². The maximum atomic E-state index is 12.9. The minimum Gasteiger partial charge on any atom is -0.504 e. The highest BCUT2D eigenvalue weighted by Gasteiger charge is 2.23. The number of carbonyl (C=O) groups is 1. The maximum Gasteiger partial charge on any atom is 0.189 e. The molecule has 0 atom stereocenters. The average Bonchev–Trinajstić information content (AvgIpc) is 2.54. The van der Waals surface area contributed by atoms with Crippen molar-refractivity contribution in [3.8, 4) is 11.5 Å². The van der Waals surface area contributed by atoms with Gasteiger partial charge in [0.2, 0.25) is 0 Å². The summed E-state index contributed by atoms with van der Waals surface area (Å²) in [7, 11) is 0. The van der Waals surface area contributed by atoms with Crippen LogP contribution in [-0.2, 0) is 6.42 Å². The van der Waals surface area contributed by atoms with E-state index in [-0.39, 0.29) is 11.5 Å². The molecule has 1 aliphatic rings. The van der Waals surface area contributed by atoms with E-state index in [9.17, 15) is 9.90 Å². The molecule has 1 N–H and O–H groups in total. The van der Waals surface area contributed by atoms with Crippen LogP contribution in [0, 0.1) is 13.8 Å². The lowest BCUT2D eigenvalue weighted by Crippen LogP contribution is -2.15. The van der Waals surface area contributed by atoms with E-state index < -0.39 is 0 Å². The van der Waals surface area contributed by atoms with Gasteiger partial charge in [0.15, 0.2) is 17.3 Å². The Kier molecular flexibility index (Phi) is 4.43. The van der Waals surface area contributed by atoms with Crippen molar-refractivity contribution >= 4 is 11.9 Å². The summed E-state index contributed by atoms with van der Waals surface area (Å²) in [5.41, 5.74) is 5.98. The topological polar surface area (TPSA) is 46.5 Å². The molecule has 0 heterocycles. The molecule has 0 radical (unpaired) electrons. The van der Waals surface area contributed by atoms with Gasteiger partial charge in [-0.2, -0.15) is 0 Å². The molecule has 2 aromatic rings. The predicted octanol–water partition coefficient (Wildman–Crippen LogP) is 4.62. The molecule has 3 heteroatoms. The minimum absolute atomic E-state index is 0.106. The number of carbonyl (C=O) groups excluding carboxylic acids is 1. The second-order valence-electron chi connectivity index (χ2n) is 6.27. The van der Waals surface area contributed by atoms with Crippen LogP contribution in [0.2, 0.25) is 0 Å². The standard InChI is InChI=1S/C21H22O3/c1-4-24-20-12-15(5-8-19(20)22)11-16-6-7-17-14(3)9-13(2)10-18(17)21(16)23/h5,8-12,22H,4,6-7H2,1-3H3/b16-11-. The molecule has 0 fully saturated rings. The van der Waals surface area contributed by atoms with Crippen LogP contribution in [0.1, 0.15) is 46.0 Å². The molecule has 2 aromatic carbocycles. The number of aromatic hydroxyl groups is 1. The molecular weight excluding hydrogens is 300 g/mol. The zero-order valence-corrected chi connectivity index (χ0v) is 14.3. The van der Waals surface area contributed by atoms with E-state index in [0.29, 0.717) is 12.4 Å². The van der Waals surface area contributed by atoms with Crippen LogP contribution in [-0.4, -0.2) is 17.5 Å². The van der Waals surface area contributed by atoms with Gasteiger partial charge in [-0.3, -0.25) is 4.79 Å². The van der Waals surface area contributed by atoms with Crippen LogP contribution in [0.5, 0.6) is 11.5 Å². The Labute approximate surface area is 142 Å². The number of allylic oxidation sites excluding steroid dienone is 1. The largest absolute Gasteiger partial charge is 0.504 e. The summed E-state index contributed by atoms with van der Waals surface area (Å²) in [6.07, 6.45) is 3.53. The lowest BCUT2D eigenvalue weighted by atomic mass is 9.83. The zero-order valence-electron chi connectivity index (χ0n) is 14.3. The molecule has 3 rings (SSSR count). The highest BCUT2D eigenvalue weighted by atomic mass is 16.5. The second kappa shape index (κ2) is 6.52. The van der Waals surface area contributed by atoms with E-state index in [1.165, 1.54) is 11.1 Å². The third-order valence-corrected chi connectivity index (χ3v) is 4.42. The number of fused-ring (bicyclic) bond motifs is 1. The first-order chi connectivity index (χ1) is 11.5. The Hall–Kier alpha value is -2.55. The van der Waals surface area contributed by atoms with Crippen molar-refractivity contribution in [2.75, 3.05) is 6.61 Å². The Morgan fingerprint density at radius 1 is 1.17 bits per heavy atom. The van der Waals surface area contributed by atoms with E-state index in [1.807, 2.05) is 26.0 Å². The number of phenols is 1. The summed E-state index contributed by atoms with van der Waals surface area (Å²) >= 11 is 0. The van der Waals surface area contributed by atoms with Gasteiger partial charge in [-0.25, -0.2) is 0 Å². The fourth-order valence-corrected chi connectivity index (χ4v) is 3.31. The number of hydrogen-bond acceptors (Lipinski definition) is 3. The number of hydrogen-bond donors (Lipinski definition) is 1. The van der Waals surface area contributed by atoms with Crippen LogP contribution in [0.25, 0.3) is 6.08 Å². The summed E-state index contributed by atoms with van der Waals surface area (Å²) < 4.78 is 5.42. The molecule has 1 aliphatic carbocycles. The number of ketones is 1. The first kappa shape index (κ1) is 16.3. The molecule has 0 spiro atoms. The zero-order chi connectivity index (χ0) is 17.3. The maximum absolute atomic E-state index is 12.9. The van der Waals surface area contributed by atoms with Gasteiger partial charge in [0.05, 0.1) is 6.61 Å². The molecule has 0 unspecified atom stereocenters. The fourth-order valence-electron chi connectivity index (χ4n) is 3.31. The van der Waals surface area contributed by atoms with Gasteiger partial charge in [0, 0.05) is 11.1 Å². The number of Topliss-reactive ketones (excluding diaryl/α,β-unsaturated/α-hetero) is 1. The van der Waals surface area contributed by atoms with Crippen LogP contribution in [0.4, 0.5) is 0 Å². The van der Waals surface area contributed by atoms with Crippen LogP contribution in [0.3, 0.4) is 0 Å². The van der Waals surface area contributed by atoms with Crippen LogP contribution in [0.15, 0.2) is 35.9 Å². The van der Waals surface area contributed by atoms with E-state index in [2.05, 4.69) is 13.0 Å². The minimum atomic E-state index is 0.106. The normalized spacial score (nSPS) is 15.5. The summed E-state index contributed by atoms with van der Waals surface area (Å²) in [6.45, 7) is 6.45. The third-order valence-electron chi connectivity index (χ3n) is 4.42. The van der Waals surface area contributed by atoms with Gasteiger partial charge in [-0.15, -0.1) is 0 Å². The van der Waals surface area contributed by atoms with Gasteiger partial charge in [0.25, 0.3) is 0 Å². The Morgan fingerprint density at radius 3 is 2.71 bits per heavy atom. The molecule has 0 amide bonds. The van der Waals surface area contributed by atoms with E-state index in [4.69, 9.17) is 4.74 Å². The van der Waals surface area contributed by atoms with Crippen molar-refractivity contribution in [1.82, 2.24) is 0 Å². The molecule has 3 nitrogen and oxygen atoms in total. The van der Waals surface area contributed by atoms with Gasteiger partial charge < -0.3 is 9.84 Å². The first-order valence-electron chi connectivity index (χ1n) is 8.30. The van der Waals surface area contributed by atoms with Crippen molar-refractivity contribution in [3.63, 3.8) is 0 Å². The van der Waals surface area contributed by atoms with Crippen molar-refractivity contribution in [2.24, 2.45) is 0 Å². The lowest BCUT2D eigenvalue weighted by molar-refractivity contribution is 0.102. The molecule has 0 bridgehead atoms. The molecule has 24 heavy (non-hydrogen) atoms.